The number of benzene rings is 2. The number of rotatable bonds is 2. The fraction of sp³-hybridized carbons (Fsp3) is 0.333. The SMILES string of the molecule is Cc1cccc(NC2c3ccccc3CC2(C)C)c1. The summed E-state index contributed by atoms with van der Waals surface area (Å²) in [6.07, 6.45) is 1.15. The Hall–Kier alpha value is -1.76. The van der Waals surface area contributed by atoms with Crippen LogP contribution in [0, 0.1) is 12.3 Å². The molecule has 0 radical (unpaired) electrons. The first-order valence-electron chi connectivity index (χ1n) is 6.97. The Bertz CT molecular complexity index is 598. The number of anilines is 1. The molecule has 2 aromatic rings. The highest BCUT2D eigenvalue weighted by atomic mass is 14.9. The molecule has 3 rings (SSSR count). The average molecular weight is 251 g/mol. The van der Waals surface area contributed by atoms with E-state index in [9.17, 15) is 0 Å². The van der Waals surface area contributed by atoms with Gasteiger partial charge in [-0.15, -0.1) is 0 Å². The lowest BCUT2D eigenvalue weighted by Gasteiger charge is -2.29. The summed E-state index contributed by atoms with van der Waals surface area (Å²) >= 11 is 0. The van der Waals surface area contributed by atoms with Crippen LogP contribution in [0.3, 0.4) is 0 Å². The molecule has 0 aliphatic heterocycles. The molecular weight excluding hydrogens is 230 g/mol. The zero-order valence-corrected chi connectivity index (χ0v) is 11.9. The summed E-state index contributed by atoms with van der Waals surface area (Å²) in [6.45, 7) is 6.83. The Morgan fingerprint density at radius 1 is 1.05 bits per heavy atom. The van der Waals surface area contributed by atoms with Gasteiger partial charge in [0.1, 0.15) is 0 Å². The summed E-state index contributed by atoms with van der Waals surface area (Å²) in [7, 11) is 0. The minimum Gasteiger partial charge on any atom is -0.378 e. The molecule has 0 amide bonds. The van der Waals surface area contributed by atoms with Crippen molar-refractivity contribution in [3.8, 4) is 0 Å². The van der Waals surface area contributed by atoms with Gasteiger partial charge in [0, 0.05) is 5.69 Å². The van der Waals surface area contributed by atoms with Crippen molar-refractivity contribution in [3.05, 3.63) is 65.2 Å². The number of aryl methyl sites for hydroxylation is 1. The lowest BCUT2D eigenvalue weighted by atomic mass is 9.85. The summed E-state index contributed by atoms with van der Waals surface area (Å²) in [5, 5.41) is 3.73. The summed E-state index contributed by atoms with van der Waals surface area (Å²) < 4.78 is 0. The Labute approximate surface area is 115 Å². The van der Waals surface area contributed by atoms with E-state index in [2.05, 4.69) is 74.6 Å². The molecule has 19 heavy (non-hydrogen) atoms. The molecule has 1 unspecified atom stereocenters. The maximum Gasteiger partial charge on any atom is 0.0570 e. The van der Waals surface area contributed by atoms with Gasteiger partial charge in [0.05, 0.1) is 6.04 Å². The van der Waals surface area contributed by atoms with E-state index in [1.54, 1.807) is 0 Å². The standard InChI is InChI=1S/C18H21N/c1-13-7-6-9-15(11-13)19-17-16-10-5-4-8-14(16)12-18(17,2)3/h4-11,17,19H,12H2,1-3H3. The highest BCUT2D eigenvalue weighted by Crippen LogP contribution is 2.46. The molecule has 1 N–H and O–H groups in total. The van der Waals surface area contributed by atoms with Crippen LogP contribution >= 0.6 is 0 Å². The molecule has 0 bridgehead atoms. The fourth-order valence-corrected chi connectivity index (χ4v) is 3.17. The predicted octanol–water partition coefficient (Wildman–Crippen LogP) is 4.73. The Morgan fingerprint density at radius 3 is 2.63 bits per heavy atom. The van der Waals surface area contributed by atoms with E-state index >= 15 is 0 Å². The molecule has 2 aromatic carbocycles. The minimum atomic E-state index is 0.257. The molecule has 0 fully saturated rings. The monoisotopic (exact) mass is 251 g/mol. The first kappa shape index (κ1) is 12.3. The van der Waals surface area contributed by atoms with Crippen LogP contribution in [0.4, 0.5) is 5.69 Å². The van der Waals surface area contributed by atoms with Crippen LogP contribution in [0.15, 0.2) is 48.5 Å². The molecule has 0 saturated carbocycles. The molecule has 0 aromatic heterocycles. The zero-order valence-electron chi connectivity index (χ0n) is 11.9. The van der Waals surface area contributed by atoms with E-state index in [0.29, 0.717) is 6.04 Å². The Morgan fingerprint density at radius 2 is 1.84 bits per heavy atom. The van der Waals surface area contributed by atoms with Gasteiger partial charge in [-0.3, -0.25) is 0 Å². The van der Waals surface area contributed by atoms with Crippen LogP contribution in [0.25, 0.3) is 0 Å². The summed E-state index contributed by atoms with van der Waals surface area (Å²) in [5.41, 5.74) is 5.71. The van der Waals surface area contributed by atoms with E-state index in [1.165, 1.54) is 22.4 Å². The first-order valence-corrected chi connectivity index (χ1v) is 6.97. The number of fused-ring (bicyclic) bond motifs is 1. The van der Waals surface area contributed by atoms with Crippen molar-refractivity contribution in [3.63, 3.8) is 0 Å². The van der Waals surface area contributed by atoms with Gasteiger partial charge >= 0.3 is 0 Å². The molecule has 0 saturated heterocycles. The zero-order chi connectivity index (χ0) is 13.5. The van der Waals surface area contributed by atoms with Gasteiger partial charge in [0.25, 0.3) is 0 Å². The maximum absolute atomic E-state index is 3.73. The van der Waals surface area contributed by atoms with Crippen molar-refractivity contribution in [1.82, 2.24) is 0 Å². The van der Waals surface area contributed by atoms with Crippen molar-refractivity contribution in [1.29, 1.82) is 0 Å². The third-order valence-electron chi connectivity index (χ3n) is 4.12. The lowest BCUT2D eigenvalue weighted by Crippen LogP contribution is -2.24. The highest BCUT2D eigenvalue weighted by Gasteiger charge is 2.38. The van der Waals surface area contributed by atoms with Gasteiger partial charge in [-0.25, -0.2) is 0 Å². The Balaban J connectivity index is 1.95. The van der Waals surface area contributed by atoms with Crippen LogP contribution in [0.1, 0.15) is 36.6 Å². The third kappa shape index (κ3) is 2.25. The summed E-state index contributed by atoms with van der Waals surface area (Å²) in [6, 6.07) is 17.8. The first-order chi connectivity index (χ1) is 9.06. The van der Waals surface area contributed by atoms with E-state index in [1.807, 2.05) is 0 Å². The van der Waals surface area contributed by atoms with Gasteiger partial charge in [-0.2, -0.15) is 0 Å². The minimum absolute atomic E-state index is 0.257. The lowest BCUT2D eigenvalue weighted by molar-refractivity contribution is 0.337. The highest BCUT2D eigenvalue weighted by molar-refractivity contribution is 5.51. The number of hydrogen-bond acceptors (Lipinski definition) is 1. The molecule has 1 atom stereocenters. The maximum atomic E-state index is 3.73. The van der Waals surface area contributed by atoms with Crippen molar-refractivity contribution >= 4 is 5.69 Å². The second-order valence-electron chi connectivity index (χ2n) is 6.31. The van der Waals surface area contributed by atoms with Crippen LogP contribution in [0.2, 0.25) is 0 Å². The quantitative estimate of drug-likeness (QED) is 0.813. The van der Waals surface area contributed by atoms with Crippen molar-refractivity contribution in [2.45, 2.75) is 33.2 Å². The third-order valence-corrected chi connectivity index (χ3v) is 4.12. The largest absolute Gasteiger partial charge is 0.378 e. The van der Waals surface area contributed by atoms with Crippen LogP contribution < -0.4 is 5.32 Å². The van der Waals surface area contributed by atoms with E-state index in [-0.39, 0.29) is 5.41 Å². The Kier molecular flexibility index (Phi) is 2.85. The van der Waals surface area contributed by atoms with Crippen LogP contribution in [0.5, 0.6) is 0 Å². The summed E-state index contributed by atoms with van der Waals surface area (Å²) in [4.78, 5) is 0. The molecule has 0 heterocycles. The van der Waals surface area contributed by atoms with Gasteiger partial charge in [-0.1, -0.05) is 50.2 Å². The molecular formula is C18H21N. The number of hydrogen-bond donors (Lipinski definition) is 1. The smallest absolute Gasteiger partial charge is 0.0570 e. The molecule has 1 aliphatic carbocycles. The fourth-order valence-electron chi connectivity index (χ4n) is 3.17. The van der Waals surface area contributed by atoms with Crippen molar-refractivity contribution in [2.75, 3.05) is 5.32 Å². The second-order valence-corrected chi connectivity index (χ2v) is 6.31. The van der Waals surface area contributed by atoms with Crippen molar-refractivity contribution in [2.24, 2.45) is 5.41 Å². The van der Waals surface area contributed by atoms with Gasteiger partial charge in [0.15, 0.2) is 0 Å². The topological polar surface area (TPSA) is 12.0 Å². The van der Waals surface area contributed by atoms with Crippen molar-refractivity contribution < 1.29 is 0 Å². The molecule has 1 nitrogen and oxygen atoms in total. The molecule has 1 aliphatic rings. The van der Waals surface area contributed by atoms with Crippen LogP contribution in [-0.4, -0.2) is 0 Å². The molecule has 98 valence electrons. The van der Waals surface area contributed by atoms with E-state index in [0.717, 1.165) is 6.42 Å². The van der Waals surface area contributed by atoms with Crippen LogP contribution in [-0.2, 0) is 6.42 Å². The second kappa shape index (κ2) is 4.41. The van der Waals surface area contributed by atoms with Gasteiger partial charge < -0.3 is 5.32 Å². The molecule has 0 spiro atoms. The van der Waals surface area contributed by atoms with E-state index < -0.39 is 0 Å². The average Bonchev–Trinajstić information content (AvgIpc) is 2.61. The predicted molar refractivity (Wildman–Crippen MR) is 81.5 cm³/mol. The normalized spacial score (nSPS) is 20.1. The van der Waals surface area contributed by atoms with E-state index in [4.69, 9.17) is 0 Å². The summed E-state index contributed by atoms with van der Waals surface area (Å²) in [5.74, 6) is 0. The van der Waals surface area contributed by atoms with Gasteiger partial charge in [0.2, 0.25) is 0 Å². The molecule has 1 heteroatoms. The van der Waals surface area contributed by atoms with Gasteiger partial charge in [-0.05, 0) is 47.6 Å². The number of nitrogens with one attached hydrogen (secondary N) is 1.